The molecule has 0 aliphatic carbocycles. The van der Waals surface area contributed by atoms with E-state index in [0.717, 1.165) is 24.8 Å². The van der Waals surface area contributed by atoms with Crippen LogP contribution in [0.1, 0.15) is 65.9 Å². The molecule has 2 aromatic carbocycles. The molecule has 1 unspecified atom stereocenters. The van der Waals surface area contributed by atoms with Gasteiger partial charge in [-0.25, -0.2) is 0 Å². The Morgan fingerprint density at radius 3 is 2.30 bits per heavy atom. The first-order chi connectivity index (χ1) is 14.4. The zero-order valence-corrected chi connectivity index (χ0v) is 19.7. The van der Waals surface area contributed by atoms with E-state index in [1.165, 1.54) is 17.2 Å². The number of carbonyl (C=O) groups is 1. The summed E-state index contributed by atoms with van der Waals surface area (Å²) in [5, 5.41) is 2.42. The Kier molecular flexibility index (Phi) is 12.3. The second-order valence-electron chi connectivity index (χ2n) is 8.25. The Morgan fingerprint density at radius 1 is 1.00 bits per heavy atom. The molecule has 4 nitrogen and oxygen atoms in total. The van der Waals surface area contributed by atoms with Gasteiger partial charge in [0, 0.05) is 13.5 Å². The van der Waals surface area contributed by atoms with Crippen molar-refractivity contribution in [1.82, 2.24) is 0 Å². The number of benzene rings is 2. The standard InChI is InChI=1S/C23H32O4.C3H8/c1-5-6-13-23(2,3)22(24)27-15-14-26-21(25-4)17-18-11-12-19-9-7-8-10-20(19)16-18;1-3-2/h7-12,16,21H,5-6,13-15,17H2,1-4H3;3H2,1-2H3. The van der Waals surface area contributed by atoms with Crippen molar-refractivity contribution in [2.24, 2.45) is 5.41 Å². The van der Waals surface area contributed by atoms with E-state index in [2.05, 4.69) is 51.1 Å². The first-order valence-corrected chi connectivity index (χ1v) is 11.2. The zero-order valence-electron chi connectivity index (χ0n) is 19.7. The smallest absolute Gasteiger partial charge is 0.311 e. The van der Waals surface area contributed by atoms with E-state index < -0.39 is 5.41 Å². The summed E-state index contributed by atoms with van der Waals surface area (Å²) in [5.74, 6) is -0.164. The van der Waals surface area contributed by atoms with Crippen LogP contribution in [-0.2, 0) is 25.4 Å². The summed E-state index contributed by atoms with van der Waals surface area (Å²) in [6.07, 6.45) is 4.47. The number of methoxy groups -OCH3 is 1. The molecule has 0 aliphatic heterocycles. The van der Waals surface area contributed by atoms with Crippen LogP contribution in [0.2, 0.25) is 0 Å². The van der Waals surface area contributed by atoms with Crippen molar-refractivity contribution in [2.75, 3.05) is 20.3 Å². The molecule has 4 heteroatoms. The van der Waals surface area contributed by atoms with Crippen LogP contribution in [0.5, 0.6) is 0 Å². The average molecular weight is 417 g/mol. The van der Waals surface area contributed by atoms with Crippen LogP contribution >= 0.6 is 0 Å². The highest BCUT2D eigenvalue weighted by Gasteiger charge is 2.28. The molecule has 0 N–H and O–H groups in total. The van der Waals surface area contributed by atoms with Crippen molar-refractivity contribution in [3.05, 3.63) is 48.0 Å². The summed E-state index contributed by atoms with van der Waals surface area (Å²) in [4.78, 5) is 12.2. The summed E-state index contributed by atoms with van der Waals surface area (Å²) >= 11 is 0. The minimum Gasteiger partial charge on any atom is -0.463 e. The number of hydrogen-bond acceptors (Lipinski definition) is 4. The quantitative estimate of drug-likeness (QED) is 0.237. The van der Waals surface area contributed by atoms with E-state index in [1.807, 2.05) is 26.0 Å². The van der Waals surface area contributed by atoms with Gasteiger partial charge in [0.15, 0.2) is 6.29 Å². The van der Waals surface area contributed by atoms with Gasteiger partial charge in [-0.1, -0.05) is 82.5 Å². The lowest BCUT2D eigenvalue weighted by atomic mass is 9.87. The van der Waals surface area contributed by atoms with Gasteiger partial charge in [-0.2, -0.15) is 0 Å². The van der Waals surface area contributed by atoms with Gasteiger partial charge in [0.25, 0.3) is 0 Å². The van der Waals surface area contributed by atoms with E-state index in [4.69, 9.17) is 14.2 Å². The van der Waals surface area contributed by atoms with Gasteiger partial charge < -0.3 is 14.2 Å². The molecule has 2 rings (SSSR count). The van der Waals surface area contributed by atoms with Crippen molar-refractivity contribution >= 4 is 16.7 Å². The SMILES string of the molecule is CCC.CCCCC(C)(C)C(=O)OCCOC(Cc1ccc2ccccc2c1)OC. The van der Waals surface area contributed by atoms with Gasteiger partial charge in [-0.15, -0.1) is 0 Å². The third-order valence-corrected chi connectivity index (χ3v) is 4.81. The summed E-state index contributed by atoms with van der Waals surface area (Å²) in [7, 11) is 1.63. The van der Waals surface area contributed by atoms with Crippen molar-refractivity contribution in [3.63, 3.8) is 0 Å². The number of unbranched alkanes of at least 4 members (excludes halogenated alkanes) is 1. The van der Waals surface area contributed by atoms with Crippen LogP contribution < -0.4 is 0 Å². The third kappa shape index (κ3) is 9.27. The van der Waals surface area contributed by atoms with E-state index >= 15 is 0 Å². The molecule has 0 fully saturated rings. The maximum absolute atomic E-state index is 12.2. The van der Waals surface area contributed by atoms with E-state index in [-0.39, 0.29) is 18.9 Å². The van der Waals surface area contributed by atoms with Gasteiger partial charge in [-0.05, 0) is 36.6 Å². The van der Waals surface area contributed by atoms with Crippen LogP contribution in [0.3, 0.4) is 0 Å². The summed E-state index contributed by atoms with van der Waals surface area (Å²) in [6, 6.07) is 14.6. The Balaban J connectivity index is 0.00000141. The molecule has 168 valence electrons. The summed E-state index contributed by atoms with van der Waals surface area (Å²) in [6.45, 7) is 10.8. The lowest BCUT2D eigenvalue weighted by Crippen LogP contribution is -2.28. The Bertz CT molecular complexity index is 739. The Morgan fingerprint density at radius 2 is 1.67 bits per heavy atom. The highest BCUT2D eigenvalue weighted by molar-refractivity contribution is 5.83. The van der Waals surface area contributed by atoms with Crippen molar-refractivity contribution < 1.29 is 19.0 Å². The minimum atomic E-state index is -0.443. The second-order valence-corrected chi connectivity index (χ2v) is 8.25. The lowest BCUT2D eigenvalue weighted by Gasteiger charge is -2.22. The molecule has 0 bridgehead atoms. The molecule has 0 saturated heterocycles. The van der Waals surface area contributed by atoms with Gasteiger partial charge in [0.2, 0.25) is 0 Å². The van der Waals surface area contributed by atoms with Gasteiger partial charge >= 0.3 is 5.97 Å². The largest absolute Gasteiger partial charge is 0.463 e. The Labute approximate surface area is 182 Å². The van der Waals surface area contributed by atoms with E-state index in [1.54, 1.807) is 7.11 Å². The third-order valence-electron chi connectivity index (χ3n) is 4.81. The molecule has 30 heavy (non-hydrogen) atoms. The van der Waals surface area contributed by atoms with Crippen molar-refractivity contribution in [1.29, 1.82) is 0 Å². The topological polar surface area (TPSA) is 44.8 Å². The molecule has 1 atom stereocenters. The maximum atomic E-state index is 12.2. The molecule has 0 spiro atoms. The molecule has 0 heterocycles. The summed E-state index contributed by atoms with van der Waals surface area (Å²) < 4.78 is 16.6. The molecule has 2 aromatic rings. The van der Waals surface area contributed by atoms with Gasteiger partial charge in [0.05, 0.1) is 12.0 Å². The number of esters is 1. The van der Waals surface area contributed by atoms with E-state index in [9.17, 15) is 4.79 Å². The van der Waals surface area contributed by atoms with E-state index in [0.29, 0.717) is 13.0 Å². The van der Waals surface area contributed by atoms with Crippen LogP contribution in [-0.4, -0.2) is 32.6 Å². The lowest BCUT2D eigenvalue weighted by molar-refractivity contribution is -0.163. The number of rotatable bonds is 11. The van der Waals surface area contributed by atoms with Crippen molar-refractivity contribution in [2.45, 2.75) is 73.0 Å². The fourth-order valence-electron chi connectivity index (χ4n) is 3.00. The Hall–Kier alpha value is -1.91. The average Bonchev–Trinajstić information content (AvgIpc) is 2.74. The molecule has 0 saturated carbocycles. The number of ether oxygens (including phenoxy) is 3. The summed E-state index contributed by atoms with van der Waals surface area (Å²) in [5.41, 5.74) is 0.708. The number of carbonyl (C=O) groups excluding carboxylic acids is 1. The number of fused-ring (bicyclic) bond motifs is 1. The first kappa shape index (κ1) is 26.1. The van der Waals surface area contributed by atoms with Crippen LogP contribution in [0.25, 0.3) is 10.8 Å². The highest BCUT2D eigenvalue weighted by Crippen LogP contribution is 2.25. The highest BCUT2D eigenvalue weighted by atomic mass is 16.7. The number of hydrogen-bond donors (Lipinski definition) is 0. The first-order valence-electron chi connectivity index (χ1n) is 11.2. The van der Waals surface area contributed by atoms with Crippen LogP contribution in [0.4, 0.5) is 0 Å². The molecular weight excluding hydrogens is 376 g/mol. The molecule has 0 aliphatic rings. The fraction of sp³-hybridized carbons (Fsp3) is 0.577. The monoisotopic (exact) mass is 416 g/mol. The van der Waals surface area contributed by atoms with Crippen LogP contribution in [0.15, 0.2) is 42.5 Å². The zero-order chi connectivity index (χ0) is 22.4. The molecule has 0 radical (unpaired) electrons. The van der Waals surface area contributed by atoms with Gasteiger partial charge in [-0.3, -0.25) is 4.79 Å². The normalized spacial score (nSPS) is 12.2. The fourth-order valence-corrected chi connectivity index (χ4v) is 3.00. The minimum absolute atomic E-state index is 0.164. The maximum Gasteiger partial charge on any atom is 0.311 e. The molecule has 0 amide bonds. The predicted molar refractivity (Wildman–Crippen MR) is 125 cm³/mol. The van der Waals surface area contributed by atoms with Crippen LogP contribution in [0, 0.1) is 5.41 Å². The molecular formula is C26H40O4. The van der Waals surface area contributed by atoms with Gasteiger partial charge in [0.1, 0.15) is 6.61 Å². The second kappa shape index (κ2) is 14.2. The van der Waals surface area contributed by atoms with Crippen molar-refractivity contribution in [3.8, 4) is 0 Å². The predicted octanol–water partition coefficient (Wildman–Crippen LogP) is 6.55. The molecule has 0 aromatic heterocycles.